The number of methoxy groups -OCH3 is 3. The zero-order chi connectivity index (χ0) is 34.2. The van der Waals surface area contributed by atoms with Crippen molar-refractivity contribution in [2.45, 2.75) is 118 Å². The van der Waals surface area contributed by atoms with E-state index in [2.05, 4.69) is 0 Å². The van der Waals surface area contributed by atoms with Gasteiger partial charge in [-0.2, -0.15) is 0 Å². The van der Waals surface area contributed by atoms with Crippen LogP contribution in [-0.4, -0.2) is 85.0 Å². The first-order valence-corrected chi connectivity index (χ1v) is 16.3. The molecule has 9 nitrogen and oxygen atoms in total. The second-order valence-corrected chi connectivity index (χ2v) is 13.8. The van der Waals surface area contributed by atoms with Gasteiger partial charge in [0.15, 0.2) is 5.79 Å². The summed E-state index contributed by atoms with van der Waals surface area (Å²) in [5, 5.41) is 34.6. The molecule has 2 aliphatic rings. The largest absolute Gasteiger partial charge is 0.490 e. The Morgan fingerprint density at radius 2 is 1.67 bits per heavy atom. The van der Waals surface area contributed by atoms with Crippen molar-refractivity contribution in [3.8, 4) is 0 Å². The molecular weight excluding hydrogens is 576 g/mol. The first-order chi connectivity index (χ1) is 21.0. The number of aliphatic hydroxyl groups is 3. The van der Waals surface area contributed by atoms with Crippen LogP contribution < -0.4 is 0 Å². The minimum Gasteiger partial charge on any atom is -0.490 e. The predicted octanol–water partition coefficient (Wildman–Crippen LogP) is 5.35. The summed E-state index contributed by atoms with van der Waals surface area (Å²) in [6.45, 7) is 17.4. The van der Waals surface area contributed by atoms with E-state index in [4.69, 9.17) is 23.7 Å². The van der Waals surface area contributed by atoms with Crippen molar-refractivity contribution < 1.29 is 43.8 Å². The maximum atomic E-state index is 13.5. The highest BCUT2D eigenvalue weighted by molar-refractivity contribution is 5.87. The van der Waals surface area contributed by atoms with Gasteiger partial charge in [0.25, 0.3) is 0 Å². The van der Waals surface area contributed by atoms with E-state index in [0.29, 0.717) is 6.42 Å². The molecule has 0 spiro atoms. The maximum Gasteiger partial charge on any atom is 0.373 e. The van der Waals surface area contributed by atoms with E-state index in [0.717, 1.165) is 11.1 Å². The van der Waals surface area contributed by atoms with Crippen molar-refractivity contribution in [1.82, 2.24) is 0 Å². The van der Waals surface area contributed by atoms with Crippen molar-refractivity contribution in [1.29, 1.82) is 0 Å². The van der Waals surface area contributed by atoms with Crippen LogP contribution in [-0.2, 0) is 28.5 Å². The molecule has 0 saturated carbocycles. The van der Waals surface area contributed by atoms with Crippen LogP contribution >= 0.6 is 0 Å². The summed E-state index contributed by atoms with van der Waals surface area (Å²) >= 11 is 0. The zero-order valence-electron chi connectivity index (χ0n) is 29.5. The van der Waals surface area contributed by atoms with E-state index in [-0.39, 0.29) is 48.1 Å². The van der Waals surface area contributed by atoms with Gasteiger partial charge in [-0.05, 0) is 38.2 Å². The molecule has 0 amide bonds. The molecule has 1 fully saturated rings. The van der Waals surface area contributed by atoms with Crippen molar-refractivity contribution >= 4 is 5.97 Å². The van der Waals surface area contributed by atoms with Gasteiger partial charge in [0.1, 0.15) is 12.2 Å². The minimum atomic E-state index is -1.67. The van der Waals surface area contributed by atoms with E-state index in [1.54, 1.807) is 33.1 Å². The second-order valence-electron chi connectivity index (χ2n) is 13.8. The Bertz CT molecular complexity index is 1080. The van der Waals surface area contributed by atoms with Crippen LogP contribution in [0, 0.1) is 35.5 Å². The number of ether oxygens (including phenoxy) is 5. The lowest BCUT2D eigenvalue weighted by Crippen LogP contribution is -2.59. The van der Waals surface area contributed by atoms with E-state index in [1.165, 1.54) is 14.2 Å². The van der Waals surface area contributed by atoms with Gasteiger partial charge in [-0.25, -0.2) is 4.79 Å². The monoisotopic (exact) mass is 636 g/mol. The van der Waals surface area contributed by atoms with Crippen molar-refractivity contribution in [3.63, 3.8) is 0 Å². The van der Waals surface area contributed by atoms with Crippen LogP contribution in [0.25, 0.3) is 0 Å². The lowest BCUT2D eigenvalue weighted by atomic mass is 9.76. The van der Waals surface area contributed by atoms with Gasteiger partial charge in [0.2, 0.25) is 5.76 Å². The molecule has 9 heteroatoms. The Morgan fingerprint density at radius 3 is 2.22 bits per heavy atom. The Kier molecular flexibility index (Phi) is 15.0. The summed E-state index contributed by atoms with van der Waals surface area (Å²) in [6.07, 6.45) is 6.00. The summed E-state index contributed by atoms with van der Waals surface area (Å²) in [6, 6.07) is 0. The molecule has 2 heterocycles. The summed E-state index contributed by atoms with van der Waals surface area (Å²) in [7, 11) is 4.53. The zero-order valence-corrected chi connectivity index (χ0v) is 29.5. The van der Waals surface area contributed by atoms with Gasteiger partial charge in [0.05, 0.1) is 31.5 Å². The second kappa shape index (κ2) is 17.2. The molecule has 258 valence electrons. The molecular formula is C36H60O9. The number of allylic oxidation sites excluding steroid dienone is 5. The SMILES string of the molecule is CO/C1=C\C(C)=C\C(C)C(O)C(C)C/C(C)=C\C=C\C(OC)C(C(C)C(O)C(C)C2(O)CC(OC)C(C)C(C(C)C)O2)OC1=O. The average Bonchev–Trinajstić information content (AvgIpc) is 2.99. The van der Waals surface area contributed by atoms with Crippen LogP contribution in [0.15, 0.2) is 47.3 Å². The van der Waals surface area contributed by atoms with Crippen molar-refractivity contribution in [2.75, 3.05) is 21.3 Å². The number of hydrogen-bond donors (Lipinski definition) is 3. The number of carbonyl (C=O) groups excluding carboxylic acids is 1. The molecule has 2 rings (SSSR count). The number of aliphatic hydroxyl groups excluding tert-OH is 2. The van der Waals surface area contributed by atoms with Crippen molar-refractivity contribution in [3.05, 3.63) is 47.3 Å². The third-order valence-corrected chi connectivity index (χ3v) is 9.77. The highest BCUT2D eigenvalue weighted by atomic mass is 16.6. The Balaban J connectivity index is 2.53. The lowest BCUT2D eigenvalue weighted by Gasteiger charge is -2.50. The Labute approximate surface area is 271 Å². The summed E-state index contributed by atoms with van der Waals surface area (Å²) in [4.78, 5) is 13.5. The number of carbonyl (C=O) groups is 1. The Hall–Kier alpha value is -2.01. The molecule has 12 atom stereocenters. The van der Waals surface area contributed by atoms with E-state index < -0.39 is 48.0 Å². The predicted molar refractivity (Wildman–Crippen MR) is 175 cm³/mol. The smallest absolute Gasteiger partial charge is 0.373 e. The molecule has 0 radical (unpaired) electrons. The van der Waals surface area contributed by atoms with Crippen molar-refractivity contribution in [2.24, 2.45) is 35.5 Å². The molecule has 0 aromatic rings. The first kappa shape index (κ1) is 39.2. The van der Waals surface area contributed by atoms with E-state index in [9.17, 15) is 20.1 Å². The van der Waals surface area contributed by atoms with Crippen LogP contribution in [0.5, 0.6) is 0 Å². The number of cyclic esters (lactones) is 1. The van der Waals surface area contributed by atoms with Gasteiger partial charge in [-0.1, -0.05) is 83.9 Å². The third kappa shape index (κ3) is 9.99. The summed E-state index contributed by atoms with van der Waals surface area (Å²) < 4.78 is 29.4. The third-order valence-electron chi connectivity index (χ3n) is 9.77. The molecule has 12 unspecified atom stereocenters. The van der Waals surface area contributed by atoms with E-state index >= 15 is 0 Å². The molecule has 45 heavy (non-hydrogen) atoms. The molecule has 2 aliphatic heterocycles. The average molecular weight is 637 g/mol. The fraction of sp³-hybridized carbons (Fsp3) is 0.750. The highest BCUT2D eigenvalue weighted by Crippen LogP contribution is 2.42. The normalized spacial score (nSPS) is 40.5. The molecule has 0 aliphatic carbocycles. The van der Waals surface area contributed by atoms with Crippen LogP contribution in [0.2, 0.25) is 0 Å². The summed E-state index contributed by atoms with van der Waals surface area (Å²) in [5.41, 5.74) is 1.81. The standard InChI is InChI=1S/C36H60O9/c1-20(2)33-25(7)30(43-12)19-36(40,45-33)27(9)32(38)26(8)34-28(41-10)15-13-14-21(3)16-23(5)31(37)24(6)17-22(4)18-29(42-11)35(39)44-34/h13-15,17-18,20,23-28,30-34,37-38,40H,16,19H2,1-12H3/b15-13+,21-14-,22-17+,29-18-. The molecule has 0 bridgehead atoms. The summed E-state index contributed by atoms with van der Waals surface area (Å²) in [5.74, 6) is -3.87. The van der Waals surface area contributed by atoms with Gasteiger partial charge in [0, 0.05) is 44.3 Å². The van der Waals surface area contributed by atoms with Gasteiger partial charge in [-0.3, -0.25) is 0 Å². The van der Waals surface area contributed by atoms with Gasteiger partial charge in [-0.15, -0.1) is 0 Å². The Morgan fingerprint density at radius 1 is 1.02 bits per heavy atom. The quantitative estimate of drug-likeness (QED) is 0.303. The lowest BCUT2D eigenvalue weighted by molar-refractivity contribution is -0.330. The van der Waals surface area contributed by atoms with Crippen LogP contribution in [0.4, 0.5) is 0 Å². The number of esters is 1. The van der Waals surface area contributed by atoms with Crippen LogP contribution in [0.3, 0.4) is 0 Å². The molecule has 1 saturated heterocycles. The molecule has 3 N–H and O–H groups in total. The first-order valence-electron chi connectivity index (χ1n) is 16.3. The minimum absolute atomic E-state index is 0.00358. The highest BCUT2D eigenvalue weighted by Gasteiger charge is 2.52. The fourth-order valence-corrected chi connectivity index (χ4v) is 6.82. The van der Waals surface area contributed by atoms with Gasteiger partial charge < -0.3 is 39.0 Å². The fourth-order valence-electron chi connectivity index (χ4n) is 6.82. The van der Waals surface area contributed by atoms with Crippen LogP contribution in [0.1, 0.15) is 75.2 Å². The molecule has 0 aromatic carbocycles. The number of hydrogen-bond acceptors (Lipinski definition) is 9. The maximum absolute atomic E-state index is 13.5. The van der Waals surface area contributed by atoms with Gasteiger partial charge >= 0.3 is 5.97 Å². The molecule has 0 aromatic heterocycles. The topological polar surface area (TPSA) is 124 Å². The van der Waals surface area contributed by atoms with E-state index in [1.807, 2.05) is 66.7 Å². The number of rotatable bonds is 8.